The number of nitrogens with one attached hydrogen (secondary N) is 1. The maximum absolute atomic E-state index is 12.5. The lowest BCUT2D eigenvalue weighted by atomic mass is 10.1. The van der Waals surface area contributed by atoms with Crippen molar-refractivity contribution in [2.45, 2.75) is 58.6 Å². The number of rotatable bonds is 6. The number of aromatic nitrogens is 2. The first kappa shape index (κ1) is 20.0. The number of carbonyl (C=O) groups excluding carboxylic acids is 1. The third-order valence-corrected chi connectivity index (χ3v) is 6.07. The molecule has 156 valence electrons. The number of benzene rings is 1. The van der Waals surface area contributed by atoms with Crippen LogP contribution in [0.25, 0.3) is 0 Å². The number of nitrogens with zero attached hydrogens (tertiary/aromatic N) is 3. The highest BCUT2D eigenvalue weighted by atomic mass is 16.5. The first-order valence-electron chi connectivity index (χ1n) is 10.9. The van der Waals surface area contributed by atoms with E-state index in [1.165, 1.54) is 11.4 Å². The zero-order valence-corrected chi connectivity index (χ0v) is 17.6. The number of aryl methyl sites for hydroxylation is 2. The van der Waals surface area contributed by atoms with Gasteiger partial charge in [0.25, 0.3) is 5.91 Å². The molecule has 0 bridgehead atoms. The van der Waals surface area contributed by atoms with Crippen LogP contribution in [0, 0.1) is 6.92 Å². The van der Waals surface area contributed by atoms with Gasteiger partial charge in [-0.05, 0) is 56.9 Å². The van der Waals surface area contributed by atoms with E-state index in [1.807, 2.05) is 29.2 Å². The molecule has 2 aliphatic rings. The summed E-state index contributed by atoms with van der Waals surface area (Å²) in [5.41, 5.74) is 3.11. The van der Waals surface area contributed by atoms with E-state index in [2.05, 4.69) is 23.7 Å². The molecule has 6 nitrogen and oxygen atoms in total. The number of ether oxygens (including phenoxy) is 1. The van der Waals surface area contributed by atoms with Crippen LogP contribution in [0.4, 0.5) is 0 Å². The lowest BCUT2D eigenvalue weighted by Gasteiger charge is -2.31. The molecule has 0 unspecified atom stereocenters. The SMILES string of the molecule is CCc1nc(CN2CCC(Oc3ccc(C(=O)N4CCCC4)cc3)CC2)c(C)[nH]1. The van der Waals surface area contributed by atoms with Crippen molar-refractivity contribution in [2.24, 2.45) is 0 Å². The Morgan fingerprint density at radius 2 is 1.83 bits per heavy atom. The predicted molar refractivity (Wildman–Crippen MR) is 113 cm³/mol. The normalized spacial score (nSPS) is 18.3. The van der Waals surface area contributed by atoms with Gasteiger partial charge in [0.05, 0.1) is 5.69 Å². The van der Waals surface area contributed by atoms with Crippen molar-refractivity contribution in [2.75, 3.05) is 26.2 Å². The fraction of sp³-hybridized carbons (Fsp3) is 0.565. The number of imidazole rings is 1. The van der Waals surface area contributed by atoms with E-state index in [9.17, 15) is 4.79 Å². The molecule has 2 fully saturated rings. The Kier molecular flexibility index (Phi) is 6.19. The molecular weight excluding hydrogens is 364 g/mol. The molecule has 4 rings (SSSR count). The summed E-state index contributed by atoms with van der Waals surface area (Å²) in [6.07, 6.45) is 5.44. The zero-order valence-electron chi connectivity index (χ0n) is 17.6. The van der Waals surface area contributed by atoms with Crippen LogP contribution in [-0.2, 0) is 13.0 Å². The van der Waals surface area contributed by atoms with Crippen molar-refractivity contribution in [3.8, 4) is 5.75 Å². The number of amides is 1. The van der Waals surface area contributed by atoms with Crippen LogP contribution in [0.3, 0.4) is 0 Å². The summed E-state index contributed by atoms with van der Waals surface area (Å²) in [6, 6.07) is 7.68. The highest BCUT2D eigenvalue weighted by Gasteiger charge is 2.23. The van der Waals surface area contributed by atoms with Crippen LogP contribution < -0.4 is 4.74 Å². The summed E-state index contributed by atoms with van der Waals surface area (Å²) < 4.78 is 6.19. The molecule has 0 atom stereocenters. The van der Waals surface area contributed by atoms with Crippen LogP contribution in [0.5, 0.6) is 5.75 Å². The van der Waals surface area contributed by atoms with Crippen molar-refractivity contribution in [1.82, 2.24) is 19.8 Å². The molecule has 1 amide bonds. The van der Waals surface area contributed by atoms with Gasteiger partial charge in [0.2, 0.25) is 0 Å². The van der Waals surface area contributed by atoms with E-state index < -0.39 is 0 Å². The van der Waals surface area contributed by atoms with Gasteiger partial charge in [-0.15, -0.1) is 0 Å². The topological polar surface area (TPSA) is 61.5 Å². The van der Waals surface area contributed by atoms with Crippen LogP contribution in [0.15, 0.2) is 24.3 Å². The van der Waals surface area contributed by atoms with Crippen molar-refractivity contribution in [1.29, 1.82) is 0 Å². The fourth-order valence-electron chi connectivity index (χ4n) is 4.25. The number of hydrogen-bond acceptors (Lipinski definition) is 4. The number of hydrogen-bond donors (Lipinski definition) is 1. The molecule has 29 heavy (non-hydrogen) atoms. The Labute approximate surface area is 173 Å². The summed E-state index contributed by atoms with van der Waals surface area (Å²) in [4.78, 5) is 24.9. The molecule has 1 aromatic carbocycles. The second-order valence-corrected chi connectivity index (χ2v) is 8.23. The standard InChI is InChI=1S/C23H32N4O2/c1-3-22-24-17(2)21(25-22)16-26-14-10-20(11-15-26)29-19-8-6-18(7-9-19)23(28)27-12-4-5-13-27/h6-9,20H,3-5,10-16H2,1-2H3,(H,24,25). The van der Waals surface area contributed by atoms with Crippen molar-refractivity contribution >= 4 is 5.91 Å². The van der Waals surface area contributed by atoms with Gasteiger partial charge in [-0.1, -0.05) is 6.92 Å². The quantitative estimate of drug-likeness (QED) is 0.811. The van der Waals surface area contributed by atoms with Crippen LogP contribution in [0.1, 0.15) is 60.2 Å². The summed E-state index contributed by atoms with van der Waals surface area (Å²) in [5.74, 6) is 2.07. The lowest BCUT2D eigenvalue weighted by Crippen LogP contribution is -2.38. The second kappa shape index (κ2) is 8.99. The molecule has 3 heterocycles. The summed E-state index contributed by atoms with van der Waals surface area (Å²) in [7, 11) is 0. The smallest absolute Gasteiger partial charge is 0.253 e. The molecular formula is C23H32N4O2. The number of aromatic amines is 1. The molecule has 0 saturated carbocycles. The van der Waals surface area contributed by atoms with E-state index in [0.29, 0.717) is 0 Å². The molecule has 0 radical (unpaired) electrons. The maximum Gasteiger partial charge on any atom is 0.253 e. The maximum atomic E-state index is 12.5. The summed E-state index contributed by atoms with van der Waals surface area (Å²) in [6.45, 7) is 8.94. The molecule has 2 aliphatic heterocycles. The molecule has 2 aromatic rings. The van der Waals surface area contributed by atoms with Gasteiger partial charge < -0.3 is 14.6 Å². The molecule has 0 spiro atoms. The lowest BCUT2D eigenvalue weighted by molar-refractivity contribution is 0.0792. The van der Waals surface area contributed by atoms with E-state index in [1.54, 1.807) is 0 Å². The average Bonchev–Trinajstić information content (AvgIpc) is 3.40. The Balaban J connectivity index is 1.26. The highest BCUT2D eigenvalue weighted by Crippen LogP contribution is 2.22. The second-order valence-electron chi connectivity index (χ2n) is 8.23. The number of H-pyrrole nitrogens is 1. The van der Waals surface area contributed by atoms with Crippen LogP contribution in [0.2, 0.25) is 0 Å². The molecule has 1 aromatic heterocycles. The Morgan fingerprint density at radius 3 is 2.45 bits per heavy atom. The van der Waals surface area contributed by atoms with E-state index in [4.69, 9.17) is 9.72 Å². The molecule has 6 heteroatoms. The van der Waals surface area contributed by atoms with Crippen molar-refractivity contribution in [3.05, 3.63) is 47.0 Å². The van der Waals surface area contributed by atoms with E-state index >= 15 is 0 Å². The Hall–Kier alpha value is -2.34. The van der Waals surface area contributed by atoms with Crippen molar-refractivity contribution < 1.29 is 9.53 Å². The Bertz CT molecular complexity index is 816. The minimum atomic E-state index is 0.141. The first-order chi connectivity index (χ1) is 14.1. The predicted octanol–water partition coefficient (Wildman–Crippen LogP) is 3.56. The summed E-state index contributed by atoms with van der Waals surface area (Å²) >= 11 is 0. The fourth-order valence-corrected chi connectivity index (χ4v) is 4.25. The van der Waals surface area contributed by atoms with Gasteiger partial charge in [0.15, 0.2) is 0 Å². The highest BCUT2D eigenvalue weighted by molar-refractivity contribution is 5.94. The third-order valence-electron chi connectivity index (χ3n) is 6.07. The van der Waals surface area contributed by atoms with Gasteiger partial charge >= 0.3 is 0 Å². The number of carbonyl (C=O) groups is 1. The molecule has 0 aliphatic carbocycles. The van der Waals surface area contributed by atoms with Gasteiger partial charge in [-0.25, -0.2) is 4.98 Å². The van der Waals surface area contributed by atoms with Crippen LogP contribution in [-0.4, -0.2) is 58.0 Å². The average molecular weight is 397 g/mol. The van der Waals surface area contributed by atoms with Gasteiger partial charge in [0.1, 0.15) is 17.7 Å². The largest absolute Gasteiger partial charge is 0.490 e. The van der Waals surface area contributed by atoms with E-state index in [-0.39, 0.29) is 12.0 Å². The minimum absolute atomic E-state index is 0.141. The molecule has 1 N–H and O–H groups in total. The van der Waals surface area contributed by atoms with Gasteiger partial charge in [0, 0.05) is 50.4 Å². The number of likely N-dealkylation sites (tertiary alicyclic amines) is 2. The Morgan fingerprint density at radius 1 is 1.14 bits per heavy atom. The minimum Gasteiger partial charge on any atom is -0.490 e. The van der Waals surface area contributed by atoms with Gasteiger partial charge in [-0.2, -0.15) is 0 Å². The monoisotopic (exact) mass is 396 g/mol. The first-order valence-corrected chi connectivity index (χ1v) is 10.9. The van der Waals surface area contributed by atoms with Crippen molar-refractivity contribution in [3.63, 3.8) is 0 Å². The van der Waals surface area contributed by atoms with Gasteiger partial charge in [-0.3, -0.25) is 9.69 Å². The zero-order chi connectivity index (χ0) is 20.2. The van der Waals surface area contributed by atoms with Crippen LogP contribution >= 0.6 is 0 Å². The number of piperidine rings is 1. The summed E-state index contributed by atoms with van der Waals surface area (Å²) in [5, 5.41) is 0. The van der Waals surface area contributed by atoms with E-state index in [0.717, 1.165) is 82.0 Å². The third kappa shape index (κ3) is 4.81. The molecule has 2 saturated heterocycles.